The van der Waals surface area contributed by atoms with Gasteiger partial charge in [0, 0.05) is 16.6 Å². The smallest absolute Gasteiger partial charge is 0.121 e. The minimum atomic E-state index is -0.297. The SMILES string of the molecule is C[NH2+]C[C@H](O)Cn1c(C)c(C)c2ccccc21. The Morgan fingerprint density at radius 1 is 1.29 bits per heavy atom. The second kappa shape index (κ2) is 4.90. The largest absolute Gasteiger partial charge is 0.385 e. The molecule has 0 unspecified atom stereocenters. The fourth-order valence-corrected chi connectivity index (χ4v) is 2.40. The minimum absolute atomic E-state index is 0.297. The summed E-state index contributed by atoms with van der Waals surface area (Å²) in [7, 11) is 1.98. The van der Waals surface area contributed by atoms with Crippen LogP contribution in [0.5, 0.6) is 0 Å². The van der Waals surface area contributed by atoms with E-state index in [0.717, 1.165) is 6.54 Å². The van der Waals surface area contributed by atoms with Gasteiger partial charge in [-0.1, -0.05) is 18.2 Å². The van der Waals surface area contributed by atoms with Gasteiger partial charge in [0.2, 0.25) is 0 Å². The summed E-state index contributed by atoms with van der Waals surface area (Å²) in [5, 5.41) is 13.2. The van der Waals surface area contributed by atoms with Crippen molar-refractivity contribution in [2.75, 3.05) is 13.6 Å². The summed E-state index contributed by atoms with van der Waals surface area (Å²) in [6.45, 7) is 5.68. The van der Waals surface area contributed by atoms with Gasteiger partial charge >= 0.3 is 0 Å². The van der Waals surface area contributed by atoms with Crippen LogP contribution in [0.4, 0.5) is 0 Å². The van der Waals surface area contributed by atoms with E-state index in [0.29, 0.717) is 6.54 Å². The molecule has 0 saturated heterocycles. The monoisotopic (exact) mass is 233 g/mol. The first-order valence-electron chi connectivity index (χ1n) is 6.15. The molecule has 1 atom stereocenters. The number of nitrogens with zero attached hydrogens (tertiary/aromatic N) is 1. The Balaban J connectivity index is 2.42. The number of aromatic nitrogens is 1. The number of fused-ring (bicyclic) bond motifs is 1. The van der Waals surface area contributed by atoms with Gasteiger partial charge in [0.1, 0.15) is 12.6 Å². The van der Waals surface area contributed by atoms with Crippen LogP contribution in [0.2, 0.25) is 0 Å². The predicted molar refractivity (Wildman–Crippen MR) is 70.1 cm³/mol. The number of para-hydroxylation sites is 1. The Hall–Kier alpha value is -1.32. The van der Waals surface area contributed by atoms with Gasteiger partial charge in [0.25, 0.3) is 0 Å². The van der Waals surface area contributed by atoms with Crippen molar-refractivity contribution in [3.05, 3.63) is 35.5 Å². The van der Waals surface area contributed by atoms with Gasteiger partial charge in [0.05, 0.1) is 13.6 Å². The maximum atomic E-state index is 9.94. The summed E-state index contributed by atoms with van der Waals surface area (Å²) in [6, 6.07) is 8.38. The van der Waals surface area contributed by atoms with Crippen LogP contribution >= 0.6 is 0 Å². The van der Waals surface area contributed by atoms with Crippen molar-refractivity contribution in [1.29, 1.82) is 0 Å². The second-order valence-corrected chi connectivity index (χ2v) is 4.64. The molecule has 1 aromatic carbocycles. The van der Waals surface area contributed by atoms with Crippen molar-refractivity contribution in [1.82, 2.24) is 4.57 Å². The molecule has 1 heterocycles. The molecule has 3 nitrogen and oxygen atoms in total. The summed E-state index contributed by atoms with van der Waals surface area (Å²) in [6.07, 6.45) is -0.297. The highest BCUT2D eigenvalue weighted by Gasteiger charge is 2.13. The van der Waals surface area contributed by atoms with Gasteiger partial charge in [-0.2, -0.15) is 0 Å². The van der Waals surface area contributed by atoms with Crippen LogP contribution in [0.1, 0.15) is 11.3 Å². The summed E-state index contributed by atoms with van der Waals surface area (Å²) < 4.78 is 2.22. The number of quaternary nitrogens is 1. The zero-order valence-electron chi connectivity index (χ0n) is 10.8. The molecule has 0 aliphatic heterocycles. The van der Waals surface area contributed by atoms with E-state index in [1.54, 1.807) is 0 Å². The third-order valence-electron chi connectivity index (χ3n) is 3.45. The average molecular weight is 233 g/mol. The third kappa shape index (κ3) is 2.21. The lowest BCUT2D eigenvalue weighted by molar-refractivity contribution is -0.634. The summed E-state index contributed by atoms with van der Waals surface area (Å²) in [5.41, 5.74) is 3.78. The van der Waals surface area contributed by atoms with Gasteiger partial charge in [0.15, 0.2) is 0 Å². The number of aliphatic hydroxyl groups is 1. The lowest BCUT2D eigenvalue weighted by Gasteiger charge is -2.12. The van der Waals surface area contributed by atoms with Crippen LogP contribution in [0, 0.1) is 13.8 Å². The molecular weight excluding hydrogens is 212 g/mol. The lowest BCUT2D eigenvalue weighted by atomic mass is 10.2. The van der Waals surface area contributed by atoms with Crippen LogP contribution in [-0.4, -0.2) is 29.4 Å². The standard InChI is InChI=1S/C14H20N2O/c1-10-11(2)16(9-12(17)8-15-3)14-7-5-4-6-13(10)14/h4-7,12,15,17H,8-9H2,1-3H3/p+1/t12-/m0/s1. The minimum Gasteiger partial charge on any atom is -0.385 e. The van der Waals surface area contributed by atoms with E-state index < -0.39 is 0 Å². The number of likely N-dealkylation sites (N-methyl/N-ethyl adjacent to an activating group) is 1. The molecule has 0 aliphatic rings. The topological polar surface area (TPSA) is 41.8 Å². The number of hydrogen-bond donors (Lipinski definition) is 2. The van der Waals surface area contributed by atoms with E-state index in [1.807, 2.05) is 12.4 Å². The van der Waals surface area contributed by atoms with Crippen LogP contribution in [0.3, 0.4) is 0 Å². The number of rotatable bonds is 4. The van der Waals surface area contributed by atoms with Crippen LogP contribution in [0.15, 0.2) is 24.3 Å². The Morgan fingerprint density at radius 2 is 2.00 bits per heavy atom. The number of aliphatic hydroxyl groups excluding tert-OH is 1. The molecule has 0 aliphatic carbocycles. The highest BCUT2D eigenvalue weighted by Crippen LogP contribution is 2.24. The molecule has 17 heavy (non-hydrogen) atoms. The first-order chi connectivity index (χ1) is 8.15. The molecule has 1 aromatic heterocycles. The molecule has 3 heteroatoms. The first kappa shape index (κ1) is 12.1. The number of hydrogen-bond acceptors (Lipinski definition) is 1. The van der Waals surface area contributed by atoms with Crippen molar-refractivity contribution in [2.24, 2.45) is 0 Å². The molecule has 0 spiro atoms. The number of benzene rings is 1. The molecule has 0 bridgehead atoms. The molecule has 0 amide bonds. The summed E-state index contributed by atoms with van der Waals surface area (Å²) in [5.74, 6) is 0. The molecule has 3 N–H and O–H groups in total. The molecule has 92 valence electrons. The van der Waals surface area contributed by atoms with Gasteiger partial charge in [-0.15, -0.1) is 0 Å². The molecule has 0 saturated carbocycles. The van der Waals surface area contributed by atoms with E-state index >= 15 is 0 Å². The fraction of sp³-hybridized carbons (Fsp3) is 0.429. The van der Waals surface area contributed by atoms with E-state index in [-0.39, 0.29) is 6.10 Å². The van der Waals surface area contributed by atoms with E-state index in [2.05, 4.69) is 42.7 Å². The maximum absolute atomic E-state index is 9.94. The summed E-state index contributed by atoms with van der Waals surface area (Å²) in [4.78, 5) is 0. The quantitative estimate of drug-likeness (QED) is 0.806. The van der Waals surface area contributed by atoms with E-state index in [4.69, 9.17) is 0 Å². The normalized spacial score (nSPS) is 13.2. The number of aryl methyl sites for hydroxylation is 1. The van der Waals surface area contributed by atoms with Crippen molar-refractivity contribution >= 4 is 10.9 Å². The van der Waals surface area contributed by atoms with Gasteiger partial charge in [-0.25, -0.2) is 0 Å². The van der Waals surface area contributed by atoms with Gasteiger partial charge in [-0.3, -0.25) is 0 Å². The van der Waals surface area contributed by atoms with E-state index in [1.165, 1.54) is 22.2 Å². The Kier molecular flexibility index (Phi) is 3.50. The Labute approximate surface area is 102 Å². The second-order valence-electron chi connectivity index (χ2n) is 4.64. The highest BCUT2D eigenvalue weighted by atomic mass is 16.3. The first-order valence-corrected chi connectivity index (χ1v) is 6.15. The van der Waals surface area contributed by atoms with Crippen LogP contribution in [-0.2, 0) is 6.54 Å². The zero-order chi connectivity index (χ0) is 12.4. The third-order valence-corrected chi connectivity index (χ3v) is 3.45. The lowest BCUT2D eigenvalue weighted by Crippen LogP contribution is -2.82. The number of nitrogens with two attached hydrogens (primary N) is 1. The van der Waals surface area contributed by atoms with Crippen molar-refractivity contribution in [3.63, 3.8) is 0 Å². The Morgan fingerprint density at radius 3 is 2.71 bits per heavy atom. The van der Waals surface area contributed by atoms with Crippen LogP contribution in [0.25, 0.3) is 10.9 Å². The summed E-state index contributed by atoms with van der Waals surface area (Å²) >= 11 is 0. The van der Waals surface area contributed by atoms with Crippen molar-refractivity contribution in [2.45, 2.75) is 26.5 Å². The molecule has 0 radical (unpaired) electrons. The Bertz CT molecular complexity index is 516. The average Bonchev–Trinajstić information content (AvgIpc) is 2.56. The predicted octanol–water partition coefficient (Wildman–Crippen LogP) is 0.812. The van der Waals surface area contributed by atoms with Gasteiger partial charge in [-0.05, 0) is 25.5 Å². The zero-order valence-corrected chi connectivity index (χ0v) is 10.8. The van der Waals surface area contributed by atoms with E-state index in [9.17, 15) is 5.11 Å². The van der Waals surface area contributed by atoms with Gasteiger partial charge < -0.3 is 15.0 Å². The molecule has 0 fully saturated rings. The molecule has 2 rings (SSSR count). The highest BCUT2D eigenvalue weighted by molar-refractivity contribution is 5.85. The van der Waals surface area contributed by atoms with Crippen LogP contribution < -0.4 is 5.32 Å². The molecule has 2 aromatic rings. The van der Waals surface area contributed by atoms with Crippen molar-refractivity contribution in [3.8, 4) is 0 Å². The van der Waals surface area contributed by atoms with Crippen molar-refractivity contribution < 1.29 is 10.4 Å². The fourth-order valence-electron chi connectivity index (χ4n) is 2.40. The molecular formula is C14H21N2O+. The maximum Gasteiger partial charge on any atom is 0.121 e.